The monoisotopic (exact) mass is 242 g/mol. The summed E-state index contributed by atoms with van der Waals surface area (Å²) in [5, 5.41) is 0. The van der Waals surface area contributed by atoms with Gasteiger partial charge in [-0.2, -0.15) is 9.13 Å². The first-order chi connectivity index (χ1) is 8.75. The van der Waals surface area contributed by atoms with Gasteiger partial charge in [-0.25, -0.2) is 0 Å². The molecule has 0 radical (unpaired) electrons. The van der Waals surface area contributed by atoms with E-state index in [0.29, 0.717) is 0 Å². The number of aryl methyl sites for hydroxylation is 1. The van der Waals surface area contributed by atoms with Crippen molar-refractivity contribution >= 4 is 0 Å². The van der Waals surface area contributed by atoms with Crippen LogP contribution in [-0.2, 0) is 6.54 Å². The summed E-state index contributed by atoms with van der Waals surface area (Å²) in [6, 6.07) is 10.4. The molecular formula is C16H22N2+2. The summed E-state index contributed by atoms with van der Waals surface area (Å²) >= 11 is 0. The van der Waals surface area contributed by atoms with Crippen molar-refractivity contribution in [2.45, 2.75) is 33.2 Å². The van der Waals surface area contributed by atoms with Crippen molar-refractivity contribution in [3.05, 3.63) is 55.1 Å². The maximum absolute atomic E-state index is 2.28. The van der Waals surface area contributed by atoms with Crippen LogP contribution in [0.15, 0.2) is 55.1 Å². The van der Waals surface area contributed by atoms with Gasteiger partial charge in [0.15, 0.2) is 0 Å². The van der Waals surface area contributed by atoms with Crippen LogP contribution in [0.4, 0.5) is 0 Å². The first-order valence-corrected chi connectivity index (χ1v) is 6.71. The lowest BCUT2D eigenvalue weighted by molar-refractivity contribution is -0.722. The lowest BCUT2D eigenvalue weighted by atomic mass is 10.1. The average molecular weight is 242 g/mol. The first kappa shape index (κ1) is 12.7. The van der Waals surface area contributed by atoms with Crippen LogP contribution in [0.5, 0.6) is 0 Å². The molecule has 0 amide bonds. The molecule has 0 spiro atoms. The second kappa shape index (κ2) is 6.29. The molecule has 2 nitrogen and oxygen atoms in total. The topological polar surface area (TPSA) is 7.76 Å². The molecule has 0 fully saturated rings. The molecule has 0 unspecified atom stereocenters. The Labute approximate surface area is 110 Å². The van der Waals surface area contributed by atoms with Crippen molar-refractivity contribution in [2.24, 2.45) is 5.92 Å². The minimum Gasteiger partial charge on any atom is -0.195 e. The van der Waals surface area contributed by atoms with Crippen molar-refractivity contribution in [3.63, 3.8) is 0 Å². The molecule has 0 bridgehead atoms. The smallest absolute Gasteiger partial charge is 0.195 e. The highest BCUT2D eigenvalue weighted by Crippen LogP contribution is 2.02. The van der Waals surface area contributed by atoms with E-state index >= 15 is 0 Å². The van der Waals surface area contributed by atoms with Crippen molar-refractivity contribution in [3.8, 4) is 5.69 Å². The van der Waals surface area contributed by atoms with Gasteiger partial charge in [0.25, 0.3) is 0 Å². The van der Waals surface area contributed by atoms with E-state index in [2.05, 4.69) is 72.0 Å². The summed E-state index contributed by atoms with van der Waals surface area (Å²) in [5.74, 6) is 0.795. The van der Waals surface area contributed by atoms with Crippen LogP contribution in [0.25, 0.3) is 5.69 Å². The standard InChI is InChI=1S/C16H22N2/c1-15(2)7-6-10-17-11-13-18(14-12-17)16-8-4-3-5-9-16/h3-5,8-9,11-15H,6-7,10H2,1-2H3/q+2. The fourth-order valence-electron chi connectivity index (χ4n) is 2.02. The zero-order chi connectivity index (χ0) is 12.8. The number of nitrogens with zero attached hydrogens (tertiary/aromatic N) is 2. The van der Waals surface area contributed by atoms with Crippen molar-refractivity contribution in [2.75, 3.05) is 0 Å². The highest BCUT2D eigenvalue weighted by atomic mass is 15.0. The summed E-state index contributed by atoms with van der Waals surface area (Å²) in [4.78, 5) is 0. The Morgan fingerprint density at radius 2 is 1.61 bits per heavy atom. The average Bonchev–Trinajstić information content (AvgIpc) is 2.40. The third-order valence-corrected chi connectivity index (χ3v) is 3.09. The van der Waals surface area contributed by atoms with E-state index in [1.165, 1.54) is 18.5 Å². The number of hydrogen-bond acceptors (Lipinski definition) is 0. The van der Waals surface area contributed by atoms with Crippen LogP contribution in [0.2, 0.25) is 0 Å². The van der Waals surface area contributed by atoms with Gasteiger partial charge in [0.1, 0.15) is 6.54 Å². The van der Waals surface area contributed by atoms with E-state index < -0.39 is 0 Å². The molecule has 94 valence electrons. The summed E-state index contributed by atoms with van der Waals surface area (Å²) in [7, 11) is 0. The van der Waals surface area contributed by atoms with Crippen molar-refractivity contribution in [1.82, 2.24) is 0 Å². The Bertz CT molecular complexity index is 460. The second-order valence-electron chi connectivity index (χ2n) is 5.11. The van der Waals surface area contributed by atoms with Gasteiger partial charge in [-0.1, -0.05) is 32.0 Å². The maximum Gasteiger partial charge on any atom is 0.239 e. The van der Waals surface area contributed by atoms with Gasteiger partial charge < -0.3 is 0 Å². The molecule has 0 aliphatic carbocycles. The maximum atomic E-state index is 2.28. The van der Waals surface area contributed by atoms with E-state index in [9.17, 15) is 0 Å². The van der Waals surface area contributed by atoms with Crippen LogP contribution in [-0.4, -0.2) is 0 Å². The van der Waals surface area contributed by atoms with E-state index in [4.69, 9.17) is 0 Å². The Morgan fingerprint density at radius 1 is 0.944 bits per heavy atom. The predicted octanol–water partition coefficient (Wildman–Crippen LogP) is 2.69. The van der Waals surface area contributed by atoms with Crippen LogP contribution >= 0.6 is 0 Å². The highest BCUT2D eigenvalue weighted by Gasteiger charge is 2.08. The molecular weight excluding hydrogens is 220 g/mol. The molecule has 0 aliphatic rings. The molecule has 0 saturated heterocycles. The Hall–Kier alpha value is -1.70. The minimum absolute atomic E-state index is 0.795. The fraction of sp³-hybridized carbons (Fsp3) is 0.375. The van der Waals surface area contributed by atoms with E-state index in [0.717, 1.165) is 12.5 Å². The van der Waals surface area contributed by atoms with E-state index in [1.807, 2.05) is 6.07 Å². The summed E-state index contributed by atoms with van der Waals surface area (Å²) < 4.78 is 4.39. The Balaban J connectivity index is 1.98. The quantitative estimate of drug-likeness (QED) is 0.712. The zero-order valence-electron chi connectivity index (χ0n) is 11.3. The van der Waals surface area contributed by atoms with Crippen molar-refractivity contribution in [1.29, 1.82) is 0 Å². The number of aromatic nitrogens is 2. The molecule has 1 aromatic heterocycles. The molecule has 1 aromatic carbocycles. The molecule has 0 saturated carbocycles. The highest BCUT2D eigenvalue weighted by molar-refractivity contribution is 5.20. The molecule has 2 heteroatoms. The number of benzene rings is 1. The zero-order valence-corrected chi connectivity index (χ0v) is 11.3. The van der Waals surface area contributed by atoms with Crippen LogP contribution < -0.4 is 9.13 Å². The molecule has 18 heavy (non-hydrogen) atoms. The van der Waals surface area contributed by atoms with Crippen molar-refractivity contribution < 1.29 is 9.13 Å². The Morgan fingerprint density at radius 3 is 2.22 bits per heavy atom. The van der Waals surface area contributed by atoms with Crippen LogP contribution in [0.3, 0.4) is 0 Å². The van der Waals surface area contributed by atoms with Gasteiger partial charge >= 0.3 is 0 Å². The summed E-state index contributed by atoms with van der Waals surface area (Å²) in [6.07, 6.45) is 11.1. The van der Waals surface area contributed by atoms with Gasteiger partial charge in [0.05, 0.1) is 0 Å². The molecule has 0 aliphatic heterocycles. The number of hydrogen-bond donors (Lipinski definition) is 0. The second-order valence-corrected chi connectivity index (χ2v) is 5.11. The first-order valence-electron chi connectivity index (χ1n) is 6.71. The molecule has 0 atom stereocenters. The third-order valence-electron chi connectivity index (χ3n) is 3.09. The number of para-hydroxylation sites is 1. The molecule has 2 aromatic rings. The predicted molar refractivity (Wildman–Crippen MR) is 72.2 cm³/mol. The van der Waals surface area contributed by atoms with Gasteiger partial charge in [-0.05, 0) is 12.3 Å². The van der Waals surface area contributed by atoms with Gasteiger partial charge in [0.2, 0.25) is 30.5 Å². The SMILES string of the molecule is CC(C)CCC[n+]1cc[n+](-c2ccccc2)cc1. The normalized spacial score (nSPS) is 10.8. The molecule has 1 heterocycles. The van der Waals surface area contributed by atoms with Gasteiger partial charge in [-0.15, -0.1) is 0 Å². The lowest BCUT2D eigenvalue weighted by Gasteiger charge is -2.01. The summed E-state index contributed by atoms with van der Waals surface area (Å²) in [5.41, 5.74) is 1.20. The largest absolute Gasteiger partial charge is 0.239 e. The lowest BCUT2D eigenvalue weighted by Crippen LogP contribution is -2.40. The molecule has 2 rings (SSSR count). The Kier molecular flexibility index (Phi) is 4.46. The summed E-state index contributed by atoms with van der Waals surface area (Å²) in [6.45, 7) is 5.66. The van der Waals surface area contributed by atoms with E-state index in [-0.39, 0.29) is 0 Å². The van der Waals surface area contributed by atoms with Gasteiger partial charge in [0, 0.05) is 18.6 Å². The fourth-order valence-corrected chi connectivity index (χ4v) is 2.02. The number of rotatable bonds is 5. The minimum atomic E-state index is 0.795. The van der Waals surface area contributed by atoms with E-state index in [1.54, 1.807) is 0 Å². The van der Waals surface area contributed by atoms with Crippen LogP contribution in [0, 0.1) is 5.92 Å². The van der Waals surface area contributed by atoms with Gasteiger partial charge in [-0.3, -0.25) is 0 Å². The van der Waals surface area contributed by atoms with Crippen LogP contribution in [0.1, 0.15) is 26.7 Å². The third kappa shape index (κ3) is 3.66. The molecule has 0 N–H and O–H groups in total.